The van der Waals surface area contributed by atoms with E-state index in [1.165, 1.54) is 23.4 Å². The molecular formula is C30H20F3N3O3S. The number of hydrogen-bond donors (Lipinski definition) is 2. The molecule has 6 rings (SSSR count). The average Bonchev–Trinajstić information content (AvgIpc) is 3.53. The maximum atomic E-state index is 15.5. The van der Waals surface area contributed by atoms with Gasteiger partial charge >= 0.3 is 0 Å². The summed E-state index contributed by atoms with van der Waals surface area (Å²) in [5.74, 6) is -4.38. The Kier molecular flexibility index (Phi) is 6.07. The van der Waals surface area contributed by atoms with Crippen LogP contribution in [0.3, 0.4) is 0 Å². The van der Waals surface area contributed by atoms with Crippen LogP contribution in [-0.2, 0) is 16.4 Å². The number of nitrogens with one attached hydrogen (secondary N) is 2. The number of sulfonamides is 1. The summed E-state index contributed by atoms with van der Waals surface area (Å²) in [7, 11) is -4.43. The lowest BCUT2D eigenvalue weighted by Gasteiger charge is -2.12. The molecule has 40 heavy (non-hydrogen) atoms. The third-order valence-electron chi connectivity index (χ3n) is 6.94. The number of rotatable bonds is 6. The highest BCUT2D eigenvalue weighted by Gasteiger charge is 2.27. The summed E-state index contributed by atoms with van der Waals surface area (Å²) < 4.78 is 71.3. The first-order valence-electron chi connectivity index (χ1n) is 12.2. The van der Waals surface area contributed by atoms with E-state index in [0.29, 0.717) is 16.6 Å². The number of anilines is 1. The second kappa shape index (κ2) is 9.49. The molecule has 0 spiro atoms. The summed E-state index contributed by atoms with van der Waals surface area (Å²) in [5, 5.41) is 0.347. The largest absolute Gasteiger partial charge is 0.345 e. The van der Waals surface area contributed by atoms with Crippen molar-refractivity contribution in [3.63, 3.8) is 0 Å². The molecule has 5 aromatic rings. The van der Waals surface area contributed by atoms with Gasteiger partial charge in [0, 0.05) is 28.9 Å². The molecule has 1 aliphatic carbocycles. The van der Waals surface area contributed by atoms with Crippen LogP contribution in [0.1, 0.15) is 34.0 Å². The first-order valence-corrected chi connectivity index (χ1v) is 13.7. The molecule has 0 bridgehead atoms. The van der Waals surface area contributed by atoms with Crippen LogP contribution < -0.4 is 4.72 Å². The number of ketones is 1. The highest BCUT2D eigenvalue weighted by Crippen LogP contribution is 2.33. The van der Waals surface area contributed by atoms with E-state index in [9.17, 15) is 22.0 Å². The van der Waals surface area contributed by atoms with Crippen molar-refractivity contribution < 1.29 is 26.4 Å². The number of H-pyrrole nitrogens is 1. The van der Waals surface area contributed by atoms with Gasteiger partial charge in [0.05, 0.1) is 16.1 Å². The molecule has 10 heteroatoms. The monoisotopic (exact) mass is 559 g/mol. The van der Waals surface area contributed by atoms with E-state index in [1.807, 2.05) is 29.8 Å². The van der Waals surface area contributed by atoms with E-state index in [2.05, 4.69) is 16.0 Å². The van der Waals surface area contributed by atoms with Crippen molar-refractivity contribution in [3.8, 4) is 11.1 Å². The van der Waals surface area contributed by atoms with Crippen LogP contribution in [-0.4, -0.2) is 24.2 Å². The molecule has 2 heterocycles. The molecule has 2 aromatic heterocycles. The summed E-state index contributed by atoms with van der Waals surface area (Å²) in [4.78, 5) is 20.3. The van der Waals surface area contributed by atoms with Crippen molar-refractivity contribution in [2.24, 2.45) is 0 Å². The third kappa shape index (κ3) is 4.36. The van der Waals surface area contributed by atoms with Crippen molar-refractivity contribution in [3.05, 3.63) is 119 Å². The smallest absolute Gasteiger partial charge is 0.262 e. The molecule has 0 amide bonds. The number of allylic oxidation sites excluding steroid dienone is 2. The first-order chi connectivity index (χ1) is 19.1. The van der Waals surface area contributed by atoms with Crippen LogP contribution in [0, 0.1) is 17.5 Å². The fourth-order valence-electron chi connectivity index (χ4n) is 4.84. The normalized spacial score (nSPS) is 12.8. The second-order valence-electron chi connectivity index (χ2n) is 9.46. The third-order valence-corrected chi connectivity index (χ3v) is 8.30. The molecule has 0 saturated carbocycles. The summed E-state index contributed by atoms with van der Waals surface area (Å²) in [6.45, 7) is 2.04. The molecular weight excluding hydrogens is 539 g/mol. The zero-order valence-electron chi connectivity index (χ0n) is 20.9. The standard InChI is InChI=1S/C30H20F3N3O3S/c1-16-5-6-17-7-8-18(11-22(16)17)19-12-23-24(15-35-30(23)34-14-19)29(37)27-25(32)9-10-26(28(27)33)36-40(38,39)21-4-2-3-20(31)13-21/h2-5,7-15,36H,6H2,1H3,(H,34,35). The Labute approximate surface area is 227 Å². The molecule has 3 aromatic carbocycles. The number of carbonyl (C=O) groups is 1. The topological polar surface area (TPSA) is 91.9 Å². The predicted molar refractivity (Wildman–Crippen MR) is 146 cm³/mol. The quantitative estimate of drug-likeness (QED) is 0.228. The van der Waals surface area contributed by atoms with E-state index in [0.717, 1.165) is 47.9 Å². The van der Waals surface area contributed by atoms with Crippen LogP contribution >= 0.6 is 0 Å². The fourth-order valence-corrected chi connectivity index (χ4v) is 5.93. The highest BCUT2D eigenvalue weighted by atomic mass is 32.2. The van der Waals surface area contributed by atoms with Gasteiger partial charge in [-0.3, -0.25) is 9.52 Å². The Balaban J connectivity index is 1.38. The van der Waals surface area contributed by atoms with Gasteiger partial charge in [-0.25, -0.2) is 26.6 Å². The number of halogens is 3. The fraction of sp³-hybridized carbons (Fsp3) is 0.0667. The van der Waals surface area contributed by atoms with Crippen molar-refractivity contribution in [1.29, 1.82) is 0 Å². The lowest BCUT2D eigenvalue weighted by Crippen LogP contribution is -2.16. The lowest BCUT2D eigenvalue weighted by atomic mass is 9.97. The molecule has 6 nitrogen and oxygen atoms in total. The van der Waals surface area contributed by atoms with E-state index < -0.39 is 49.4 Å². The van der Waals surface area contributed by atoms with Crippen LogP contribution in [0.2, 0.25) is 0 Å². The molecule has 200 valence electrons. The van der Waals surface area contributed by atoms with Gasteiger partial charge in [-0.2, -0.15) is 0 Å². The van der Waals surface area contributed by atoms with Crippen molar-refractivity contribution in [1.82, 2.24) is 9.97 Å². The maximum absolute atomic E-state index is 15.5. The zero-order chi connectivity index (χ0) is 28.2. The van der Waals surface area contributed by atoms with E-state index in [4.69, 9.17) is 0 Å². The summed E-state index contributed by atoms with van der Waals surface area (Å²) in [6, 6.07) is 13.5. The number of carbonyl (C=O) groups excluding carboxylic acids is 1. The minimum absolute atomic E-state index is 0.0375. The van der Waals surface area contributed by atoms with Gasteiger partial charge in [-0.1, -0.05) is 24.3 Å². The number of nitrogens with zero attached hydrogens (tertiary/aromatic N) is 1. The van der Waals surface area contributed by atoms with Crippen LogP contribution in [0.4, 0.5) is 18.9 Å². The van der Waals surface area contributed by atoms with Crippen LogP contribution in [0.15, 0.2) is 84.0 Å². The Morgan fingerprint density at radius 1 is 1.00 bits per heavy atom. The summed E-state index contributed by atoms with van der Waals surface area (Å²) in [5.41, 5.74) is 3.80. The highest BCUT2D eigenvalue weighted by molar-refractivity contribution is 7.92. The average molecular weight is 560 g/mol. The van der Waals surface area contributed by atoms with Gasteiger partial charge in [0.25, 0.3) is 10.0 Å². The minimum atomic E-state index is -4.43. The molecule has 0 aliphatic heterocycles. The minimum Gasteiger partial charge on any atom is -0.345 e. The van der Waals surface area contributed by atoms with Gasteiger partial charge in [0.1, 0.15) is 17.3 Å². The molecule has 0 fully saturated rings. The van der Waals surface area contributed by atoms with E-state index >= 15 is 4.39 Å². The van der Waals surface area contributed by atoms with Gasteiger partial charge in [0.2, 0.25) is 5.78 Å². The molecule has 0 radical (unpaired) electrons. The number of fused-ring (bicyclic) bond motifs is 2. The molecule has 1 aliphatic rings. The van der Waals surface area contributed by atoms with E-state index in [1.54, 1.807) is 12.3 Å². The molecule has 0 atom stereocenters. The predicted octanol–water partition coefficient (Wildman–Crippen LogP) is 6.64. The van der Waals surface area contributed by atoms with Crippen LogP contribution in [0.5, 0.6) is 0 Å². The van der Waals surface area contributed by atoms with Crippen molar-refractivity contribution in [2.45, 2.75) is 18.2 Å². The zero-order valence-corrected chi connectivity index (χ0v) is 21.7. The molecule has 2 N–H and O–H groups in total. The molecule has 0 unspecified atom stereocenters. The number of benzene rings is 3. The lowest BCUT2D eigenvalue weighted by molar-refractivity contribution is 0.103. The Hall–Kier alpha value is -4.70. The number of hydrogen-bond acceptors (Lipinski definition) is 4. The van der Waals surface area contributed by atoms with Crippen molar-refractivity contribution in [2.75, 3.05) is 4.72 Å². The SMILES string of the molecule is CC1=CCc2ccc(-c3cnc4[nH]cc(C(=O)c5c(F)ccc(NS(=O)(=O)c6cccc(F)c6)c5F)c4c3)cc21. The Bertz CT molecular complexity index is 2000. The van der Waals surface area contributed by atoms with Gasteiger partial charge in [0.15, 0.2) is 5.82 Å². The van der Waals surface area contributed by atoms with Gasteiger partial charge in [-0.05, 0) is 78.1 Å². The van der Waals surface area contributed by atoms with Crippen LogP contribution in [0.25, 0.3) is 27.7 Å². The second-order valence-corrected chi connectivity index (χ2v) is 11.1. The Morgan fingerprint density at radius 3 is 2.62 bits per heavy atom. The number of aromatic amines is 1. The number of aromatic nitrogens is 2. The van der Waals surface area contributed by atoms with Gasteiger partial charge in [-0.15, -0.1) is 0 Å². The number of pyridine rings is 1. The Morgan fingerprint density at radius 2 is 1.82 bits per heavy atom. The summed E-state index contributed by atoms with van der Waals surface area (Å²) >= 11 is 0. The van der Waals surface area contributed by atoms with E-state index in [-0.39, 0.29) is 5.56 Å². The molecule has 0 saturated heterocycles. The van der Waals surface area contributed by atoms with Gasteiger partial charge < -0.3 is 4.98 Å². The first kappa shape index (κ1) is 25.6. The summed E-state index contributed by atoms with van der Waals surface area (Å²) in [6.07, 6.45) is 5.96. The maximum Gasteiger partial charge on any atom is 0.262 e. The van der Waals surface area contributed by atoms with Crippen molar-refractivity contribution >= 4 is 38.1 Å².